The van der Waals surface area contributed by atoms with Gasteiger partial charge >= 0.3 is 0 Å². The summed E-state index contributed by atoms with van der Waals surface area (Å²) in [6.45, 7) is 5.62. The minimum Gasteiger partial charge on any atom is -0.355 e. The highest BCUT2D eigenvalue weighted by molar-refractivity contribution is 5.83. The van der Waals surface area contributed by atoms with Crippen molar-refractivity contribution in [3.05, 3.63) is 12.7 Å². The van der Waals surface area contributed by atoms with E-state index in [0.29, 0.717) is 5.65 Å². The number of hydrogen-bond donors (Lipinski definition) is 2. The van der Waals surface area contributed by atoms with Gasteiger partial charge in [-0.2, -0.15) is 0 Å². The molecule has 21 heavy (non-hydrogen) atoms. The second kappa shape index (κ2) is 5.67. The maximum Gasteiger partial charge on any atom is 0.223 e. The monoisotopic (exact) mass is 288 g/mol. The molecule has 2 aromatic heterocycles. The van der Waals surface area contributed by atoms with E-state index in [2.05, 4.69) is 30.2 Å². The third-order valence-corrected chi connectivity index (χ3v) is 3.80. The molecule has 0 unspecified atom stereocenters. The van der Waals surface area contributed by atoms with Crippen molar-refractivity contribution in [1.82, 2.24) is 25.3 Å². The highest BCUT2D eigenvalue weighted by atomic mass is 16.1. The molecule has 3 heterocycles. The van der Waals surface area contributed by atoms with Crippen molar-refractivity contribution < 1.29 is 4.79 Å². The van der Waals surface area contributed by atoms with Crippen molar-refractivity contribution in [2.45, 2.75) is 32.7 Å². The van der Waals surface area contributed by atoms with Gasteiger partial charge in [0.2, 0.25) is 5.91 Å². The number of fused-ring (bicyclic) bond motifs is 1. The number of piperidine rings is 1. The molecule has 0 aromatic carbocycles. The molecule has 1 fully saturated rings. The van der Waals surface area contributed by atoms with Gasteiger partial charge in [-0.05, 0) is 26.7 Å². The third-order valence-electron chi connectivity index (χ3n) is 3.80. The Hall–Kier alpha value is -2.18. The van der Waals surface area contributed by atoms with Gasteiger partial charge in [-0.15, -0.1) is 0 Å². The van der Waals surface area contributed by atoms with Crippen LogP contribution in [0.3, 0.4) is 0 Å². The van der Waals surface area contributed by atoms with E-state index in [1.807, 2.05) is 13.8 Å². The summed E-state index contributed by atoms with van der Waals surface area (Å²) in [4.78, 5) is 30.0. The van der Waals surface area contributed by atoms with Crippen LogP contribution in [0, 0.1) is 5.92 Å². The van der Waals surface area contributed by atoms with Crippen molar-refractivity contribution in [3.8, 4) is 0 Å². The summed E-state index contributed by atoms with van der Waals surface area (Å²) < 4.78 is 0. The van der Waals surface area contributed by atoms with E-state index in [9.17, 15) is 4.79 Å². The normalized spacial score (nSPS) is 16.6. The van der Waals surface area contributed by atoms with Gasteiger partial charge in [-0.1, -0.05) is 0 Å². The van der Waals surface area contributed by atoms with E-state index < -0.39 is 0 Å². The first-order chi connectivity index (χ1) is 10.1. The predicted octanol–water partition coefficient (Wildman–Crippen LogP) is 1.09. The first-order valence-electron chi connectivity index (χ1n) is 7.34. The quantitative estimate of drug-likeness (QED) is 0.883. The largest absolute Gasteiger partial charge is 0.355 e. The van der Waals surface area contributed by atoms with Gasteiger partial charge in [0.25, 0.3) is 0 Å². The van der Waals surface area contributed by atoms with Crippen LogP contribution in [0.25, 0.3) is 11.2 Å². The average molecular weight is 288 g/mol. The van der Waals surface area contributed by atoms with E-state index in [0.717, 1.165) is 37.3 Å². The second-order valence-corrected chi connectivity index (χ2v) is 5.72. The molecule has 3 rings (SSSR count). The Morgan fingerprint density at radius 3 is 2.81 bits per heavy atom. The fraction of sp³-hybridized carbons (Fsp3) is 0.571. The molecular weight excluding hydrogens is 268 g/mol. The van der Waals surface area contributed by atoms with Crippen molar-refractivity contribution in [1.29, 1.82) is 0 Å². The molecule has 0 aliphatic carbocycles. The Labute approximate surface area is 123 Å². The van der Waals surface area contributed by atoms with Gasteiger partial charge in [-0.3, -0.25) is 4.79 Å². The lowest BCUT2D eigenvalue weighted by molar-refractivity contribution is -0.126. The topological polar surface area (TPSA) is 86.8 Å². The molecule has 1 aliphatic heterocycles. The average Bonchev–Trinajstić information content (AvgIpc) is 2.95. The summed E-state index contributed by atoms with van der Waals surface area (Å²) in [5.41, 5.74) is 1.54. The Morgan fingerprint density at radius 1 is 1.33 bits per heavy atom. The van der Waals surface area contributed by atoms with E-state index in [1.54, 1.807) is 6.33 Å². The molecule has 2 N–H and O–H groups in total. The number of anilines is 1. The molecule has 0 radical (unpaired) electrons. The number of nitrogens with one attached hydrogen (secondary N) is 2. The summed E-state index contributed by atoms with van der Waals surface area (Å²) in [5.74, 6) is 1.14. The van der Waals surface area contributed by atoms with Crippen LogP contribution in [0.2, 0.25) is 0 Å². The van der Waals surface area contributed by atoms with Crippen molar-refractivity contribution >= 4 is 22.9 Å². The fourth-order valence-corrected chi connectivity index (χ4v) is 2.75. The van der Waals surface area contributed by atoms with Crippen LogP contribution >= 0.6 is 0 Å². The molecule has 7 heteroatoms. The molecule has 7 nitrogen and oxygen atoms in total. The van der Waals surface area contributed by atoms with Crippen LogP contribution < -0.4 is 10.2 Å². The fourth-order valence-electron chi connectivity index (χ4n) is 2.75. The van der Waals surface area contributed by atoms with Crippen LogP contribution in [-0.4, -0.2) is 45.0 Å². The van der Waals surface area contributed by atoms with Gasteiger partial charge < -0.3 is 15.2 Å². The molecule has 0 atom stereocenters. The summed E-state index contributed by atoms with van der Waals surface area (Å²) >= 11 is 0. The summed E-state index contributed by atoms with van der Waals surface area (Å²) in [5, 5.41) is 2.99. The lowest BCUT2D eigenvalue weighted by Crippen LogP contribution is -2.42. The predicted molar refractivity (Wildman–Crippen MR) is 79.9 cm³/mol. The van der Waals surface area contributed by atoms with E-state index in [1.165, 1.54) is 6.33 Å². The smallest absolute Gasteiger partial charge is 0.223 e. The third kappa shape index (κ3) is 2.81. The summed E-state index contributed by atoms with van der Waals surface area (Å²) in [6, 6.07) is 0.196. The van der Waals surface area contributed by atoms with Gasteiger partial charge in [-0.25, -0.2) is 15.0 Å². The Morgan fingerprint density at radius 2 is 2.10 bits per heavy atom. The number of aromatic nitrogens is 4. The number of rotatable bonds is 3. The Bertz CT molecular complexity index is 629. The van der Waals surface area contributed by atoms with Crippen LogP contribution in [0.1, 0.15) is 26.7 Å². The van der Waals surface area contributed by atoms with Crippen molar-refractivity contribution in [2.24, 2.45) is 5.92 Å². The van der Waals surface area contributed by atoms with Crippen molar-refractivity contribution in [3.63, 3.8) is 0 Å². The zero-order valence-electron chi connectivity index (χ0n) is 12.3. The minimum absolute atomic E-state index is 0.0998. The van der Waals surface area contributed by atoms with Crippen LogP contribution in [-0.2, 0) is 4.79 Å². The van der Waals surface area contributed by atoms with Gasteiger partial charge in [0.05, 0.1) is 6.33 Å². The summed E-state index contributed by atoms with van der Waals surface area (Å²) in [7, 11) is 0. The van der Waals surface area contributed by atoms with E-state index in [-0.39, 0.29) is 17.9 Å². The highest BCUT2D eigenvalue weighted by Crippen LogP contribution is 2.25. The minimum atomic E-state index is 0.0998. The van der Waals surface area contributed by atoms with Gasteiger partial charge in [0, 0.05) is 25.0 Å². The number of imidazole rings is 1. The zero-order valence-corrected chi connectivity index (χ0v) is 12.3. The van der Waals surface area contributed by atoms with E-state index >= 15 is 0 Å². The lowest BCUT2D eigenvalue weighted by Gasteiger charge is -2.32. The highest BCUT2D eigenvalue weighted by Gasteiger charge is 2.26. The first kappa shape index (κ1) is 13.8. The van der Waals surface area contributed by atoms with Crippen LogP contribution in [0.4, 0.5) is 5.82 Å². The molecule has 1 aliphatic rings. The Balaban J connectivity index is 1.68. The first-order valence-corrected chi connectivity index (χ1v) is 7.34. The van der Waals surface area contributed by atoms with Gasteiger partial charge in [0.1, 0.15) is 11.8 Å². The second-order valence-electron chi connectivity index (χ2n) is 5.72. The molecule has 1 saturated heterocycles. The molecule has 0 bridgehead atoms. The molecule has 0 saturated carbocycles. The molecule has 112 valence electrons. The lowest BCUT2D eigenvalue weighted by atomic mass is 9.95. The zero-order chi connectivity index (χ0) is 14.8. The number of carbonyl (C=O) groups excluding carboxylic acids is 1. The molecule has 0 spiro atoms. The summed E-state index contributed by atoms with van der Waals surface area (Å²) in [6.07, 6.45) is 4.86. The number of H-pyrrole nitrogens is 1. The van der Waals surface area contributed by atoms with Gasteiger partial charge in [0.15, 0.2) is 11.5 Å². The van der Waals surface area contributed by atoms with E-state index in [4.69, 9.17) is 0 Å². The van der Waals surface area contributed by atoms with Crippen molar-refractivity contribution in [2.75, 3.05) is 18.0 Å². The SMILES string of the molecule is CC(C)NC(=O)C1CCN(c2ncnc3nc[nH]c23)CC1. The number of hydrogen-bond acceptors (Lipinski definition) is 5. The molecule has 1 amide bonds. The number of aromatic amines is 1. The maximum absolute atomic E-state index is 12.1. The molecule has 2 aromatic rings. The molecular formula is C14H20N6O. The van der Waals surface area contributed by atoms with Crippen LogP contribution in [0.15, 0.2) is 12.7 Å². The number of amides is 1. The number of carbonyl (C=O) groups is 1. The Kier molecular flexibility index (Phi) is 3.72. The van der Waals surface area contributed by atoms with Crippen LogP contribution in [0.5, 0.6) is 0 Å². The standard InChI is InChI=1S/C14H20N6O/c1-9(2)19-14(21)10-3-5-20(6-4-10)13-11-12(16-7-15-11)17-8-18-13/h7-10H,3-6H2,1-2H3,(H,19,21)(H,15,16,17,18). The maximum atomic E-state index is 12.1. The number of nitrogens with zero attached hydrogens (tertiary/aromatic N) is 4.